The molecule has 0 amide bonds. The van der Waals surface area contributed by atoms with Crippen LogP contribution in [0, 0.1) is 13.8 Å². The highest BCUT2D eigenvalue weighted by Gasteiger charge is 2.18. The van der Waals surface area contributed by atoms with Crippen molar-refractivity contribution in [3.63, 3.8) is 0 Å². The minimum absolute atomic E-state index is 0.0160. The van der Waals surface area contributed by atoms with Crippen LogP contribution in [0.3, 0.4) is 0 Å². The molecule has 0 atom stereocenters. The van der Waals surface area contributed by atoms with Crippen LogP contribution in [0.4, 0.5) is 0 Å². The zero-order valence-electron chi connectivity index (χ0n) is 14.0. The smallest absolute Gasteiger partial charge is 0.337 e. The minimum Gasteiger partial charge on any atom is -0.494 e. The Balaban J connectivity index is 1.76. The van der Waals surface area contributed by atoms with Gasteiger partial charge in [0.05, 0.1) is 17.6 Å². The predicted octanol–water partition coefficient (Wildman–Crippen LogP) is 3.24. The van der Waals surface area contributed by atoms with Gasteiger partial charge in [-0.25, -0.2) is 9.78 Å². The van der Waals surface area contributed by atoms with Gasteiger partial charge in [-0.3, -0.25) is 9.36 Å². The first-order chi connectivity index (χ1) is 12.0. The van der Waals surface area contributed by atoms with Crippen molar-refractivity contribution in [3.05, 3.63) is 57.0 Å². The van der Waals surface area contributed by atoms with E-state index in [1.165, 1.54) is 21.3 Å². The zero-order valence-corrected chi connectivity index (χ0v) is 14.8. The van der Waals surface area contributed by atoms with Gasteiger partial charge in [-0.2, -0.15) is 0 Å². The highest BCUT2D eigenvalue weighted by atomic mass is 32.1. The van der Waals surface area contributed by atoms with E-state index in [9.17, 15) is 14.7 Å². The lowest BCUT2D eigenvalue weighted by Gasteiger charge is -2.11. The fraction of sp³-hybridized carbons (Fsp3) is 0.278. The first-order valence-corrected chi connectivity index (χ1v) is 8.76. The van der Waals surface area contributed by atoms with Crippen LogP contribution in [0.1, 0.15) is 28.2 Å². The third-order valence-corrected chi connectivity index (χ3v) is 4.77. The Bertz CT molecular complexity index is 990. The third kappa shape index (κ3) is 3.56. The number of ether oxygens (including phenoxy) is 1. The van der Waals surface area contributed by atoms with Crippen LogP contribution in [0.5, 0.6) is 5.75 Å². The molecule has 2 aromatic heterocycles. The molecular weight excluding hydrogens is 340 g/mol. The minimum atomic E-state index is -1.11. The maximum atomic E-state index is 12.7. The van der Waals surface area contributed by atoms with E-state index < -0.39 is 5.97 Å². The van der Waals surface area contributed by atoms with Crippen LogP contribution in [0.15, 0.2) is 34.4 Å². The lowest BCUT2D eigenvalue weighted by molar-refractivity contribution is 0.0699. The first kappa shape index (κ1) is 17.2. The van der Waals surface area contributed by atoms with E-state index in [2.05, 4.69) is 4.98 Å². The van der Waals surface area contributed by atoms with E-state index in [0.29, 0.717) is 30.2 Å². The van der Waals surface area contributed by atoms with E-state index in [1.54, 1.807) is 6.92 Å². The number of fused-ring (bicyclic) bond motifs is 1. The fourth-order valence-electron chi connectivity index (χ4n) is 2.66. The Kier molecular flexibility index (Phi) is 4.85. The molecule has 3 rings (SSSR count). The molecule has 0 unspecified atom stereocenters. The van der Waals surface area contributed by atoms with Gasteiger partial charge in [0.25, 0.3) is 5.56 Å². The van der Waals surface area contributed by atoms with Gasteiger partial charge in [0.2, 0.25) is 0 Å². The number of rotatable bonds is 6. The number of carbonyl (C=O) groups is 1. The zero-order chi connectivity index (χ0) is 18.0. The first-order valence-electron chi connectivity index (χ1n) is 7.89. The number of thiophene rings is 1. The number of carboxylic acids is 1. The van der Waals surface area contributed by atoms with Crippen molar-refractivity contribution < 1.29 is 14.6 Å². The Morgan fingerprint density at radius 2 is 2.16 bits per heavy atom. The lowest BCUT2D eigenvalue weighted by atomic mass is 10.2. The van der Waals surface area contributed by atoms with Gasteiger partial charge in [0.15, 0.2) is 0 Å². The molecule has 0 aliphatic heterocycles. The van der Waals surface area contributed by atoms with Gasteiger partial charge in [-0.15, -0.1) is 11.3 Å². The molecule has 0 radical (unpaired) electrons. The van der Waals surface area contributed by atoms with Crippen LogP contribution in [-0.2, 0) is 6.54 Å². The second-order valence-electron chi connectivity index (χ2n) is 5.77. The summed E-state index contributed by atoms with van der Waals surface area (Å²) in [6.07, 6.45) is 0.619. The number of hydrogen-bond acceptors (Lipinski definition) is 5. The number of hydrogen-bond donors (Lipinski definition) is 1. The van der Waals surface area contributed by atoms with Crippen molar-refractivity contribution in [3.8, 4) is 5.75 Å². The van der Waals surface area contributed by atoms with Crippen LogP contribution >= 0.6 is 11.3 Å². The molecule has 0 saturated carbocycles. The normalized spacial score (nSPS) is 11.0. The fourth-order valence-corrected chi connectivity index (χ4v) is 3.61. The molecule has 0 fully saturated rings. The van der Waals surface area contributed by atoms with Gasteiger partial charge in [0.1, 0.15) is 16.4 Å². The maximum Gasteiger partial charge on any atom is 0.337 e. The molecule has 3 aromatic rings. The number of nitrogens with zero attached hydrogens (tertiary/aromatic N) is 2. The molecule has 2 heterocycles. The quantitative estimate of drug-likeness (QED) is 0.684. The molecule has 7 heteroatoms. The SMILES string of the molecule is Cc1cccc(OCCCn2c(C)nc3scc(C(=O)O)c3c2=O)c1. The molecule has 1 N–H and O–H groups in total. The number of aromatic nitrogens is 2. The monoisotopic (exact) mass is 358 g/mol. The van der Waals surface area contributed by atoms with Gasteiger partial charge in [0, 0.05) is 11.9 Å². The second-order valence-corrected chi connectivity index (χ2v) is 6.63. The van der Waals surface area contributed by atoms with Crippen molar-refractivity contribution in [1.29, 1.82) is 0 Å². The average Bonchev–Trinajstić information content (AvgIpc) is 2.98. The topological polar surface area (TPSA) is 81.4 Å². The Hall–Kier alpha value is -2.67. The molecule has 130 valence electrons. The molecule has 25 heavy (non-hydrogen) atoms. The van der Waals surface area contributed by atoms with Gasteiger partial charge >= 0.3 is 5.97 Å². The van der Waals surface area contributed by atoms with Crippen molar-refractivity contribution in [1.82, 2.24) is 9.55 Å². The summed E-state index contributed by atoms with van der Waals surface area (Å²) in [5.41, 5.74) is 0.830. The number of aromatic carboxylic acids is 1. The average molecular weight is 358 g/mol. The summed E-state index contributed by atoms with van der Waals surface area (Å²) >= 11 is 1.18. The van der Waals surface area contributed by atoms with Crippen LogP contribution in [0.25, 0.3) is 10.2 Å². The van der Waals surface area contributed by atoms with E-state index in [-0.39, 0.29) is 16.5 Å². The lowest BCUT2D eigenvalue weighted by Crippen LogP contribution is -2.25. The van der Waals surface area contributed by atoms with Gasteiger partial charge < -0.3 is 9.84 Å². The van der Waals surface area contributed by atoms with E-state index in [0.717, 1.165) is 11.3 Å². The van der Waals surface area contributed by atoms with Gasteiger partial charge in [-0.05, 0) is 38.0 Å². The maximum absolute atomic E-state index is 12.7. The van der Waals surface area contributed by atoms with Gasteiger partial charge in [-0.1, -0.05) is 12.1 Å². The Labute approximate surface area is 148 Å². The van der Waals surface area contributed by atoms with Crippen molar-refractivity contribution in [2.24, 2.45) is 0 Å². The highest BCUT2D eigenvalue weighted by Crippen LogP contribution is 2.21. The molecule has 0 saturated heterocycles. The van der Waals surface area contributed by atoms with Crippen molar-refractivity contribution >= 4 is 27.5 Å². The van der Waals surface area contributed by atoms with E-state index >= 15 is 0 Å². The molecule has 0 bridgehead atoms. The Morgan fingerprint density at radius 3 is 2.88 bits per heavy atom. The molecule has 0 aliphatic carbocycles. The summed E-state index contributed by atoms with van der Waals surface area (Å²) in [6.45, 7) is 4.64. The summed E-state index contributed by atoms with van der Waals surface area (Å²) in [6, 6.07) is 7.77. The van der Waals surface area contributed by atoms with Crippen LogP contribution in [0.2, 0.25) is 0 Å². The number of carboxylic acid groups (broad SMARTS) is 1. The molecule has 0 aliphatic rings. The van der Waals surface area contributed by atoms with Crippen LogP contribution in [-0.4, -0.2) is 27.2 Å². The summed E-state index contributed by atoms with van der Waals surface area (Å²) in [5, 5.41) is 10.9. The number of aryl methyl sites for hydroxylation is 2. The van der Waals surface area contributed by atoms with Crippen molar-refractivity contribution in [2.45, 2.75) is 26.8 Å². The third-order valence-electron chi connectivity index (χ3n) is 3.90. The summed E-state index contributed by atoms with van der Waals surface area (Å²) < 4.78 is 7.21. The van der Waals surface area contributed by atoms with Crippen LogP contribution < -0.4 is 10.3 Å². The molecule has 6 nitrogen and oxygen atoms in total. The highest BCUT2D eigenvalue weighted by molar-refractivity contribution is 7.17. The van der Waals surface area contributed by atoms with E-state index in [1.807, 2.05) is 31.2 Å². The Morgan fingerprint density at radius 1 is 1.36 bits per heavy atom. The largest absolute Gasteiger partial charge is 0.494 e. The van der Waals surface area contributed by atoms with E-state index in [4.69, 9.17) is 4.74 Å². The van der Waals surface area contributed by atoms with Crippen molar-refractivity contribution in [2.75, 3.05) is 6.61 Å². The predicted molar refractivity (Wildman–Crippen MR) is 96.9 cm³/mol. The summed E-state index contributed by atoms with van der Waals surface area (Å²) in [7, 11) is 0. The standard InChI is InChI=1S/C18H18N2O4S/c1-11-5-3-6-13(9-11)24-8-4-7-20-12(2)19-16-15(17(20)21)14(10-25-16)18(22)23/h3,5-6,9-10H,4,7-8H2,1-2H3,(H,22,23). The molecule has 0 spiro atoms. The molecular formula is C18H18N2O4S. The molecule has 1 aromatic carbocycles. The summed E-state index contributed by atoms with van der Waals surface area (Å²) in [4.78, 5) is 28.8. The summed E-state index contributed by atoms with van der Waals surface area (Å²) in [5.74, 6) is 0.263. The number of benzene rings is 1. The second kappa shape index (κ2) is 7.06.